The molecular weight excluding hydrogens is 382 g/mol. The number of aromatic nitrogens is 2. The predicted octanol–water partition coefficient (Wildman–Crippen LogP) is 6.10. The van der Waals surface area contributed by atoms with Gasteiger partial charge < -0.3 is 10.3 Å². The van der Waals surface area contributed by atoms with Crippen molar-refractivity contribution in [3.8, 4) is 11.3 Å². The van der Waals surface area contributed by atoms with E-state index in [2.05, 4.69) is 16.4 Å². The zero-order valence-electron chi connectivity index (χ0n) is 16.0. The van der Waals surface area contributed by atoms with E-state index in [0.29, 0.717) is 16.4 Å². The zero-order valence-corrected chi connectivity index (χ0v) is 16.8. The van der Waals surface area contributed by atoms with E-state index in [1.807, 2.05) is 48.5 Å². The Balaban J connectivity index is 1.67. The molecule has 1 aliphatic rings. The molecule has 2 N–H and O–H groups in total. The number of nitrogens with one attached hydrogen (secondary N) is 2. The zero-order chi connectivity index (χ0) is 19.8. The van der Waals surface area contributed by atoms with E-state index in [-0.39, 0.29) is 11.9 Å². The van der Waals surface area contributed by atoms with Crippen LogP contribution in [0, 0.1) is 0 Å². The molecule has 0 radical (unpaired) electrons. The van der Waals surface area contributed by atoms with E-state index in [1.54, 1.807) is 0 Å². The van der Waals surface area contributed by atoms with Crippen molar-refractivity contribution >= 4 is 39.3 Å². The van der Waals surface area contributed by atoms with E-state index in [9.17, 15) is 4.79 Å². The van der Waals surface area contributed by atoms with Gasteiger partial charge in [-0.1, -0.05) is 67.3 Å². The summed E-state index contributed by atoms with van der Waals surface area (Å²) in [5, 5.41) is 5.86. The van der Waals surface area contributed by atoms with Crippen LogP contribution in [-0.4, -0.2) is 21.9 Å². The fourth-order valence-corrected chi connectivity index (χ4v) is 4.54. The number of fused-ring (bicyclic) bond motifs is 3. The van der Waals surface area contributed by atoms with E-state index < -0.39 is 0 Å². The molecule has 29 heavy (non-hydrogen) atoms. The normalized spacial score (nSPS) is 15.1. The second kappa shape index (κ2) is 7.53. The molecule has 2 aromatic heterocycles. The van der Waals surface area contributed by atoms with Crippen molar-refractivity contribution in [3.63, 3.8) is 0 Å². The first-order chi connectivity index (χ1) is 14.2. The average molecular weight is 404 g/mol. The van der Waals surface area contributed by atoms with Crippen molar-refractivity contribution in [2.24, 2.45) is 0 Å². The van der Waals surface area contributed by atoms with Crippen LogP contribution in [-0.2, 0) is 0 Å². The Morgan fingerprint density at radius 3 is 2.59 bits per heavy atom. The van der Waals surface area contributed by atoms with Gasteiger partial charge in [0.2, 0.25) is 0 Å². The first kappa shape index (κ1) is 18.2. The van der Waals surface area contributed by atoms with Crippen molar-refractivity contribution in [3.05, 3.63) is 65.3 Å². The number of benzene rings is 2. The molecule has 1 aliphatic carbocycles. The number of amides is 1. The van der Waals surface area contributed by atoms with Crippen molar-refractivity contribution in [2.75, 3.05) is 0 Å². The summed E-state index contributed by atoms with van der Waals surface area (Å²) in [7, 11) is 0. The number of pyridine rings is 1. The summed E-state index contributed by atoms with van der Waals surface area (Å²) >= 11 is 6.49. The van der Waals surface area contributed by atoms with Crippen LogP contribution in [0.2, 0.25) is 5.02 Å². The quantitative estimate of drug-likeness (QED) is 0.434. The van der Waals surface area contributed by atoms with Crippen LogP contribution >= 0.6 is 11.6 Å². The lowest BCUT2D eigenvalue weighted by Gasteiger charge is -2.22. The Morgan fingerprint density at radius 2 is 1.76 bits per heavy atom. The number of H-pyrrole nitrogens is 1. The Kier molecular flexibility index (Phi) is 4.72. The lowest BCUT2D eigenvalue weighted by Crippen LogP contribution is -2.36. The minimum Gasteiger partial charge on any atom is -0.353 e. The van der Waals surface area contributed by atoms with Crippen LogP contribution in [0.15, 0.2) is 54.6 Å². The average Bonchev–Trinajstić information content (AvgIpc) is 3.13. The second-order valence-corrected chi connectivity index (χ2v) is 8.14. The highest BCUT2D eigenvalue weighted by Crippen LogP contribution is 2.35. The molecule has 1 amide bonds. The first-order valence-corrected chi connectivity index (χ1v) is 10.6. The molecule has 4 nitrogen and oxygen atoms in total. The number of halogens is 1. The van der Waals surface area contributed by atoms with Gasteiger partial charge in [-0.15, -0.1) is 0 Å². The third-order valence-electron chi connectivity index (χ3n) is 5.80. The fraction of sp³-hybridized carbons (Fsp3) is 0.250. The molecule has 0 saturated heterocycles. The van der Waals surface area contributed by atoms with E-state index >= 15 is 0 Å². The maximum Gasteiger partial charge on any atom is 0.270 e. The summed E-state index contributed by atoms with van der Waals surface area (Å²) in [5.74, 6) is -0.114. The molecule has 0 atom stereocenters. The van der Waals surface area contributed by atoms with Gasteiger partial charge in [-0.25, -0.2) is 4.98 Å². The van der Waals surface area contributed by atoms with Gasteiger partial charge in [0.05, 0.1) is 16.2 Å². The molecule has 5 heteroatoms. The number of aromatic amines is 1. The lowest BCUT2D eigenvalue weighted by atomic mass is 9.95. The number of rotatable bonds is 3. The van der Waals surface area contributed by atoms with Crippen LogP contribution in [0.3, 0.4) is 0 Å². The van der Waals surface area contributed by atoms with Gasteiger partial charge in [-0.3, -0.25) is 4.79 Å². The molecular formula is C24H22ClN3O. The molecule has 2 heterocycles. The van der Waals surface area contributed by atoms with Crippen molar-refractivity contribution in [1.82, 2.24) is 15.3 Å². The monoisotopic (exact) mass is 403 g/mol. The highest BCUT2D eigenvalue weighted by Gasteiger charge is 2.21. The minimum atomic E-state index is -0.114. The minimum absolute atomic E-state index is 0.114. The van der Waals surface area contributed by atoms with E-state index in [0.717, 1.165) is 40.2 Å². The Morgan fingerprint density at radius 1 is 1.00 bits per heavy atom. The molecule has 5 rings (SSSR count). The summed E-state index contributed by atoms with van der Waals surface area (Å²) in [6.45, 7) is 0. The van der Waals surface area contributed by atoms with Crippen LogP contribution < -0.4 is 5.32 Å². The topological polar surface area (TPSA) is 57.8 Å². The first-order valence-electron chi connectivity index (χ1n) is 10.2. The van der Waals surface area contributed by atoms with Crippen LogP contribution in [0.5, 0.6) is 0 Å². The number of hydrogen-bond donors (Lipinski definition) is 2. The highest BCUT2D eigenvalue weighted by molar-refractivity contribution is 6.33. The molecule has 0 bridgehead atoms. The molecule has 4 aromatic rings. The number of carbonyl (C=O) groups is 1. The maximum absolute atomic E-state index is 13.1. The molecule has 2 aromatic carbocycles. The van der Waals surface area contributed by atoms with Gasteiger partial charge >= 0.3 is 0 Å². The summed E-state index contributed by atoms with van der Waals surface area (Å²) in [6, 6.07) is 17.9. The van der Waals surface area contributed by atoms with E-state index in [1.165, 1.54) is 19.3 Å². The van der Waals surface area contributed by atoms with E-state index in [4.69, 9.17) is 16.6 Å². The number of hydrogen-bond acceptors (Lipinski definition) is 2. The molecule has 0 aliphatic heterocycles. The number of nitrogens with zero attached hydrogens (tertiary/aromatic N) is 1. The van der Waals surface area contributed by atoms with Crippen LogP contribution in [0.1, 0.15) is 42.6 Å². The van der Waals surface area contributed by atoms with Crippen molar-refractivity contribution in [2.45, 2.75) is 38.1 Å². The third kappa shape index (κ3) is 3.38. The molecule has 1 saturated carbocycles. The van der Waals surface area contributed by atoms with Gasteiger partial charge in [-0.2, -0.15) is 0 Å². The van der Waals surface area contributed by atoms with Crippen LogP contribution in [0.4, 0.5) is 0 Å². The number of carbonyl (C=O) groups excluding carboxylic acids is 1. The van der Waals surface area contributed by atoms with Crippen LogP contribution in [0.25, 0.3) is 33.1 Å². The Bertz CT molecular complexity index is 1210. The fourth-order valence-electron chi connectivity index (χ4n) is 4.32. The molecule has 146 valence electrons. The van der Waals surface area contributed by atoms with Gasteiger partial charge in [0.25, 0.3) is 5.91 Å². The second-order valence-electron chi connectivity index (χ2n) is 7.74. The van der Waals surface area contributed by atoms with Gasteiger partial charge in [0.15, 0.2) is 0 Å². The Hall–Kier alpha value is -2.85. The molecule has 1 fully saturated rings. The molecule has 0 spiro atoms. The SMILES string of the molecule is O=C(NC1CCCCC1)c1cc2c([nH]c3ccccc32)c(-c2ccccc2Cl)n1. The highest BCUT2D eigenvalue weighted by atomic mass is 35.5. The maximum atomic E-state index is 13.1. The van der Waals surface area contributed by atoms with Crippen molar-refractivity contribution in [1.29, 1.82) is 0 Å². The van der Waals surface area contributed by atoms with Gasteiger partial charge in [0.1, 0.15) is 5.69 Å². The van der Waals surface area contributed by atoms with Gasteiger partial charge in [-0.05, 0) is 31.0 Å². The largest absolute Gasteiger partial charge is 0.353 e. The summed E-state index contributed by atoms with van der Waals surface area (Å²) < 4.78 is 0. The summed E-state index contributed by atoms with van der Waals surface area (Å²) in [5.41, 5.74) is 3.87. The summed E-state index contributed by atoms with van der Waals surface area (Å²) in [6.07, 6.45) is 5.68. The van der Waals surface area contributed by atoms with Crippen molar-refractivity contribution < 1.29 is 4.79 Å². The standard InChI is InChI=1S/C24H22ClN3O/c25-19-12-6-4-11-17(19)22-23-18(16-10-5-7-13-20(16)27-23)14-21(28-22)24(29)26-15-8-2-1-3-9-15/h4-7,10-15,27H,1-3,8-9H2,(H,26,29). The van der Waals surface area contributed by atoms with Gasteiger partial charge in [0, 0.05) is 27.9 Å². The third-order valence-corrected chi connectivity index (χ3v) is 6.13. The Labute approximate surface area is 174 Å². The molecule has 0 unspecified atom stereocenters. The smallest absolute Gasteiger partial charge is 0.270 e. The summed E-state index contributed by atoms with van der Waals surface area (Å²) in [4.78, 5) is 21.3. The lowest BCUT2D eigenvalue weighted by molar-refractivity contribution is 0.0923. The number of para-hydroxylation sites is 1. The predicted molar refractivity (Wildman–Crippen MR) is 118 cm³/mol.